The predicted molar refractivity (Wildman–Crippen MR) is 75.5 cm³/mol. The SMILES string of the molecule is CC1(C)OB(c2cnc(-c3ccccn3)o2)OC1(C)C. The third kappa shape index (κ3) is 2.15. The van der Waals surface area contributed by atoms with E-state index in [0.717, 1.165) is 0 Å². The number of oxazole rings is 1. The highest BCUT2D eigenvalue weighted by molar-refractivity contribution is 6.60. The van der Waals surface area contributed by atoms with Crippen molar-refractivity contribution < 1.29 is 13.7 Å². The van der Waals surface area contributed by atoms with E-state index in [9.17, 15) is 0 Å². The molecule has 0 saturated carbocycles. The normalized spacial score (nSPS) is 20.3. The molecule has 1 aliphatic rings. The number of hydrogen-bond acceptors (Lipinski definition) is 5. The van der Waals surface area contributed by atoms with Gasteiger partial charge in [-0.2, -0.15) is 0 Å². The Hall–Kier alpha value is -1.66. The molecule has 104 valence electrons. The quantitative estimate of drug-likeness (QED) is 0.783. The Morgan fingerprint density at radius 3 is 2.30 bits per heavy atom. The highest BCUT2D eigenvalue weighted by atomic mass is 16.7. The van der Waals surface area contributed by atoms with Crippen LogP contribution in [0, 0.1) is 0 Å². The van der Waals surface area contributed by atoms with Gasteiger partial charge in [-0.25, -0.2) is 4.98 Å². The van der Waals surface area contributed by atoms with Crippen molar-refractivity contribution in [3.8, 4) is 11.6 Å². The summed E-state index contributed by atoms with van der Waals surface area (Å²) in [6.07, 6.45) is 3.33. The van der Waals surface area contributed by atoms with Crippen molar-refractivity contribution in [1.82, 2.24) is 9.97 Å². The minimum atomic E-state index is -0.537. The maximum atomic E-state index is 5.92. The van der Waals surface area contributed by atoms with E-state index in [-0.39, 0.29) is 0 Å². The molecule has 0 N–H and O–H groups in total. The fourth-order valence-corrected chi connectivity index (χ4v) is 1.96. The lowest BCUT2D eigenvalue weighted by molar-refractivity contribution is 0.00578. The fraction of sp³-hybridized carbons (Fsp3) is 0.429. The summed E-state index contributed by atoms with van der Waals surface area (Å²) in [5.74, 6) is 0.468. The zero-order valence-corrected chi connectivity index (χ0v) is 12.1. The second-order valence-corrected chi connectivity index (χ2v) is 5.87. The van der Waals surface area contributed by atoms with Crippen LogP contribution in [-0.2, 0) is 9.31 Å². The van der Waals surface area contributed by atoms with Gasteiger partial charge in [0.2, 0.25) is 5.89 Å². The zero-order valence-electron chi connectivity index (χ0n) is 12.1. The summed E-state index contributed by atoms with van der Waals surface area (Å²) in [6, 6.07) is 5.59. The minimum absolute atomic E-state index is 0.393. The van der Waals surface area contributed by atoms with E-state index in [1.807, 2.05) is 45.9 Å². The van der Waals surface area contributed by atoms with Crippen LogP contribution >= 0.6 is 0 Å². The largest absolute Gasteiger partial charge is 0.534 e. The maximum absolute atomic E-state index is 5.92. The monoisotopic (exact) mass is 272 g/mol. The first kappa shape index (κ1) is 13.3. The molecule has 1 aliphatic heterocycles. The molecule has 0 radical (unpaired) electrons. The van der Waals surface area contributed by atoms with Gasteiger partial charge in [0, 0.05) is 6.20 Å². The molecular weight excluding hydrogens is 255 g/mol. The maximum Gasteiger partial charge on any atom is 0.534 e. The number of hydrogen-bond donors (Lipinski definition) is 0. The van der Waals surface area contributed by atoms with Crippen molar-refractivity contribution in [2.75, 3.05) is 0 Å². The summed E-state index contributed by atoms with van der Waals surface area (Å²) < 4.78 is 17.6. The molecule has 6 heteroatoms. The van der Waals surface area contributed by atoms with E-state index < -0.39 is 18.3 Å². The van der Waals surface area contributed by atoms with Crippen molar-refractivity contribution in [3.05, 3.63) is 30.6 Å². The lowest BCUT2D eigenvalue weighted by Crippen LogP contribution is -2.41. The van der Waals surface area contributed by atoms with Crippen LogP contribution < -0.4 is 5.66 Å². The first-order chi connectivity index (χ1) is 9.39. The highest BCUT2D eigenvalue weighted by Crippen LogP contribution is 2.36. The summed E-state index contributed by atoms with van der Waals surface area (Å²) in [7, 11) is -0.537. The van der Waals surface area contributed by atoms with Crippen molar-refractivity contribution in [3.63, 3.8) is 0 Å². The number of rotatable bonds is 2. The Bertz CT molecular complexity index is 594. The van der Waals surface area contributed by atoms with Crippen LogP contribution in [0.5, 0.6) is 0 Å². The smallest absolute Gasteiger partial charge is 0.444 e. The molecule has 0 atom stereocenters. The second-order valence-electron chi connectivity index (χ2n) is 5.87. The third-order valence-electron chi connectivity index (χ3n) is 3.89. The van der Waals surface area contributed by atoms with Gasteiger partial charge in [-0.05, 0) is 39.8 Å². The molecule has 1 fully saturated rings. The van der Waals surface area contributed by atoms with E-state index in [4.69, 9.17) is 13.7 Å². The van der Waals surface area contributed by atoms with Crippen LogP contribution in [0.15, 0.2) is 35.0 Å². The van der Waals surface area contributed by atoms with Crippen molar-refractivity contribution >= 4 is 12.8 Å². The molecule has 0 bridgehead atoms. The van der Waals surface area contributed by atoms with Gasteiger partial charge in [-0.15, -0.1) is 0 Å². The Morgan fingerprint density at radius 2 is 1.70 bits per heavy atom. The van der Waals surface area contributed by atoms with Crippen LogP contribution in [0.3, 0.4) is 0 Å². The van der Waals surface area contributed by atoms with Crippen LogP contribution in [0.1, 0.15) is 27.7 Å². The highest BCUT2D eigenvalue weighted by Gasteiger charge is 2.53. The van der Waals surface area contributed by atoms with Gasteiger partial charge in [-0.1, -0.05) is 6.07 Å². The van der Waals surface area contributed by atoms with Crippen molar-refractivity contribution in [1.29, 1.82) is 0 Å². The number of aromatic nitrogens is 2. The van der Waals surface area contributed by atoms with E-state index in [0.29, 0.717) is 17.2 Å². The molecule has 2 aromatic heterocycles. The zero-order chi connectivity index (χ0) is 14.4. The van der Waals surface area contributed by atoms with E-state index in [2.05, 4.69) is 9.97 Å². The van der Waals surface area contributed by atoms with Gasteiger partial charge in [0.25, 0.3) is 0 Å². The van der Waals surface area contributed by atoms with Gasteiger partial charge in [-0.3, -0.25) is 4.98 Å². The molecule has 0 aliphatic carbocycles. The molecule has 20 heavy (non-hydrogen) atoms. The van der Waals surface area contributed by atoms with Gasteiger partial charge in [0.05, 0.1) is 17.4 Å². The average Bonchev–Trinajstić information content (AvgIpc) is 2.94. The molecular formula is C14H17BN2O3. The molecule has 3 heterocycles. The lowest BCUT2D eigenvalue weighted by Gasteiger charge is -2.32. The summed E-state index contributed by atoms with van der Waals surface area (Å²) in [5, 5.41) is 0. The van der Waals surface area contributed by atoms with E-state index >= 15 is 0 Å². The number of nitrogens with zero attached hydrogens (tertiary/aromatic N) is 2. The molecule has 2 aromatic rings. The molecule has 5 nitrogen and oxygen atoms in total. The Balaban J connectivity index is 1.86. The third-order valence-corrected chi connectivity index (χ3v) is 3.89. The number of pyridine rings is 1. The van der Waals surface area contributed by atoms with Crippen LogP contribution in [0.4, 0.5) is 0 Å². The summed E-state index contributed by atoms with van der Waals surface area (Å²) >= 11 is 0. The van der Waals surface area contributed by atoms with Crippen LogP contribution in [-0.4, -0.2) is 28.3 Å². The van der Waals surface area contributed by atoms with Crippen LogP contribution in [0.25, 0.3) is 11.6 Å². The molecule has 0 spiro atoms. The Morgan fingerprint density at radius 1 is 1.00 bits per heavy atom. The van der Waals surface area contributed by atoms with Gasteiger partial charge < -0.3 is 13.7 Å². The molecule has 1 saturated heterocycles. The molecule has 0 amide bonds. The first-order valence-corrected chi connectivity index (χ1v) is 6.62. The minimum Gasteiger partial charge on any atom is -0.444 e. The summed E-state index contributed by atoms with van der Waals surface area (Å²) in [4.78, 5) is 8.45. The standard InChI is InChI=1S/C14H17BN2O3/c1-13(2)14(3,4)20-15(19-13)11-9-17-12(18-11)10-7-5-6-8-16-10/h5-9H,1-4H3. The van der Waals surface area contributed by atoms with Gasteiger partial charge in [0.1, 0.15) is 5.69 Å². The Labute approximate surface area is 118 Å². The Kier molecular flexibility index (Phi) is 2.95. The van der Waals surface area contributed by atoms with Gasteiger partial charge >= 0.3 is 7.12 Å². The molecule has 3 rings (SSSR count). The average molecular weight is 272 g/mol. The molecule has 0 aromatic carbocycles. The van der Waals surface area contributed by atoms with Crippen LogP contribution in [0.2, 0.25) is 0 Å². The predicted octanol–water partition coefficient (Wildman–Crippen LogP) is 2.04. The first-order valence-electron chi connectivity index (χ1n) is 6.62. The van der Waals surface area contributed by atoms with E-state index in [1.54, 1.807) is 12.4 Å². The lowest BCUT2D eigenvalue weighted by atomic mass is 9.87. The topological polar surface area (TPSA) is 57.4 Å². The van der Waals surface area contributed by atoms with Gasteiger partial charge in [0.15, 0.2) is 5.66 Å². The summed E-state index contributed by atoms with van der Waals surface area (Å²) in [6.45, 7) is 8.01. The fourth-order valence-electron chi connectivity index (χ4n) is 1.96. The summed E-state index contributed by atoms with van der Waals surface area (Å²) in [5.41, 5.74) is 0.463. The van der Waals surface area contributed by atoms with Crippen molar-refractivity contribution in [2.24, 2.45) is 0 Å². The van der Waals surface area contributed by atoms with E-state index in [1.165, 1.54) is 0 Å². The van der Waals surface area contributed by atoms with Crippen molar-refractivity contribution in [2.45, 2.75) is 38.9 Å². The molecule has 0 unspecified atom stereocenters. The second kappa shape index (κ2) is 4.43.